The van der Waals surface area contributed by atoms with Gasteiger partial charge in [-0.05, 0) is 35.2 Å². The van der Waals surface area contributed by atoms with Gasteiger partial charge in [0.15, 0.2) is 0 Å². The van der Waals surface area contributed by atoms with E-state index in [4.69, 9.17) is 0 Å². The molecule has 0 aliphatic carbocycles. The topological polar surface area (TPSA) is 32.3 Å². The highest BCUT2D eigenvalue weighted by molar-refractivity contribution is 5.94. The van der Waals surface area contributed by atoms with E-state index in [2.05, 4.69) is 35.6 Å². The van der Waals surface area contributed by atoms with E-state index in [1.165, 1.54) is 16.7 Å². The number of hydrogen-bond donors (Lipinski definition) is 1. The first-order valence-corrected chi connectivity index (χ1v) is 7.29. The average Bonchev–Trinajstić information content (AvgIpc) is 2.53. The van der Waals surface area contributed by atoms with Crippen LogP contribution < -0.4 is 5.32 Å². The van der Waals surface area contributed by atoms with Crippen LogP contribution in [0.1, 0.15) is 33.1 Å². The summed E-state index contributed by atoms with van der Waals surface area (Å²) >= 11 is 0. The molecular formula is C18H20N2O. The maximum Gasteiger partial charge on any atom is 0.253 e. The van der Waals surface area contributed by atoms with Gasteiger partial charge in [0.2, 0.25) is 0 Å². The Morgan fingerprint density at radius 1 is 1.14 bits per heavy atom. The van der Waals surface area contributed by atoms with Gasteiger partial charge in [-0.1, -0.05) is 36.4 Å². The zero-order valence-electron chi connectivity index (χ0n) is 12.5. The quantitative estimate of drug-likeness (QED) is 0.917. The lowest BCUT2D eigenvalue weighted by Gasteiger charge is -2.28. The van der Waals surface area contributed by atoms with Gasteiger partial charge < -0.3 is 10.2 Å². The Labute approximate surface area is 125 Å². The molecule has 1 heterocycles. The number of carbonyl (C=O) groups is 1. The summed E-state index contributed by atoms with van der Waals surface area (Å²) in [5.74, 6) is 0.0511. The second-order valence-electron chi connectivity index (χ2n) is 5.66. The molecule has 0 bridgehead atoms. The minimum Gasteiger partial charge on any atom is -0.345 e. The summed E-state index contributed by atoms with van der Waals surface area (Å²) < 4.78 is 0. The van der Waals surface area contributed by atoms with E-state index in [1.54, 1.807) is 19.0 Å². The fourth-order valence-corrected chi connectivity index (χ4v) is 2.89. The SMILES string of the molecule is CN(C)C(=O)c1ccc2c(c1)[C@@H](c1ccccc1)NCC2. The number of benzene rings is 2. The van der Waals surface area contributed by atoms with Crippen LogP contribution in [0.2, 0.25) is 0 Å². The molecule has 3 heteroatoms. The third-order valence-corrected chi connectivity index (χ3v) is 3.99. The Morgan fingerprint density at radius 2 is 1.90 bits per heavy atom. The standard InChI is InChI=1S/C18H20N2O/c1-20(2)18(21)15-9-8-13-10-11-19-17(16(13)12-15)14-6-4-3-5-7-14/h3-9,12,17,19H,10-11H2,1-2H3/t17-/m1/s1. The van der Waals surface area contributed by atoms with Crippen molar-refractivity contribution < 1.29 is 4.79 Å². The van der Waals surface area contributed by atoms with Gasteiger partial charge in [0.25, 0.3) is 5.91 Å². The molecule has 2 aromatic rings. The Morgan fingerprint density at radius 3 is 2.62 bits per heavy atom. The number of carbonyl (C=O) groups excluding carboxylic acids is 1. The van der Waals surface area contributed by atoms with Gasteiger partial charge in [-0.15, -0.1) is 0 Å². The normalized spacial score (nSPS) is 17.1. The van der Waals surface area contributed by atoms with Crippen molar-refractivity contribution >= 4 is 5.91 Å². The molecule has 1 atom stereocenters. The van der Waals surface area contributed by atoms with Gasteiger partial charge in [0, 0.05) is 26.2 Å². The molecule has 3 nitrogen and oxygen atoms in total. The minimum absolute atomic E-state index is 0.0511. The van der Waals surface area contributed by atoms with Crippen molar-refractivity contribution in [3.05, 3.63) is 70.8 Å². The van der Waals surface area contributed by atoms with E-state index in [-0.39, 0.29) is 11.9 Å². The monoisotopic (exact) mass is 280 g/mol. The molecule has 1 amide bonds. The molecule has 2 aromatic carbocycles. The zero-order valence-corrected chi connectivity index (χ0v) is 12.5. The van der Waals surface area contributed by atoms with Gasteiger partial charge >= 0.3 is 0 Å². The molecule has 0 fully saturated rings. The van der Waals surface area contributed by atoms with Gasteiger partial charge in [0.05, 0.1) is 6.04 Å². The maximum absolute atomic E-state index is 12.2. The Balaban J connectivity index is 2.03. The van der Waals surface area contributed by atoms with E-state index in [0.717, 1.165) is 18.5 Å². The van der Waals surface area contributed by atoms with Crippen molar-refractivity contribution in [2.75, 3.05) is 20.6 Å². The largest absolute Gasteiger partial charge is 0.345 e. The van der Waals surface area contributed by atoms with Crippen molar-refractivity contribution in [3.63, 3.8) is 0 Å². The lowest BCUT2D eigenvalue weighted by Crippen LogP contribution is -2.31. The molecule has 1 aliphatic heterocycles. The van der Waals surface area contributed by atoms with Gasteiger partial charge in [-0.3, -0.25) is 4.79 Å². The van der Waals surface area contributed by atoms with Crippen molar-refractivity contribution in [2.24, 2.45) is 0 Å². The molecule has 1 N–H and O–H groups in total. The summed E-state index contributed by atoms with van der Waals surface area (Å²) in [6.45, 7) is 0.966. The molecule has 0 aromatic heterocycles. The fraction of sp³-hybridized carbons (Fsp3) is 0.278. The van der Waals surface area contributed by atoms with Crippen LogP contribution in [0.5, 0.6) is 0 Å². The number of rotatable bonds is 2. The van der Waals surface area contributed by atoms with E-state index in [0.29, 0.717) is 0 Å². The number of nitrogens with zero attached hydrogens (tertiary/aromatic N) is 1. The van der Waals surface area contributed by atoms with Crippen LogP contribution in [0.3, 0.4) is 0 Å². The fourth-order valence-electron chi connectivity index (χ4n) is 2.89. The molecule has 0 spiro atoms. The van der Waals surface area contributed by atoms with Gasteiger partial charge in [-0.2, -0.15) is 0 Å². The highest BCUT2D eigenvalue weighted by Crippen LogP contribution is 2.29. The lowest BCUT2D eigenvalue weighted by atomic mass is 9.88. The molecule has 108 valence electrons. The number of fused-ring (bicyclic) bond motifs is 1. The summed E-state index contributed by atoms with van der Waals surface area (Å²) in [4.78, 5) is 13.8. The predicted octanol–water partition coefficient (Wildman–Crippen LogP) is 2.62. The van der Waals surface area contributed by atoms with Crippen LogP contribution in [0.25, 0.3) is 0 Å². The molecule has 21 heavy (non-hydrogen) atoms. The zero-order chi connectivity index (χ0) is 14.8. The van der Waals surface area contributed by atoms with Gasteiger partial charge in [0.1, 0.15) is 0 Å². The Hall–Kier alpha value is -2.13. The number of hydrogen-bond acceptors (Lipinski definition) is 2. The van der Waals surface area contributed by atoms with Gasteiger partial charge in [-0.25, -0.2) is 0 Å². The van der Waals surface area contributed by atoms with Crippen molar-refractivity contribution in [1.29, 1.82) is 0 Å². The number of amides is 1. The van der Waals surface area contributed by atoms with E-state index in [1.807, 2.05) is 18.2 Å². The predicted molar refractivity (Wildman–Crippen MR) is 84.5 cm³/mol. The van der Waals surface area contributed by atoms with Crippen molar-refractivity contribution in [1.82, 2.24) is 10.2 Å². The smallest absolute Gasteiger partial charge is 0.253 e. The first kappa shape index (κ1) is 13.8. The van der Waals surface area contributed by atoms with E-state index < -0.39 is 0 Å². The Bertz CT molecular complexity index is 650. The molecule has 0 saturated heterocycles. The summed E-state index contributed by atoms with van der Waals surface area (Å²) in [5, 5.41) is 3.56. The highest BCUT2D eigenvalue weighted by Gasteiger charge is 2.22. The molecular weight excluding hydrogens is 260 g/mol. The molecule has 0 unspecified atom stereocenters. The summed E-state index contributed by atoms with van der Waals surface area (Å²) in [7, 11) is 3.57. The second kappa shape index (κ2) is 5.70. The summed E-state index contributed by atoms with van der Waals surface area (Å²) in [6.07, 6.45) is 1.01. The molecule has 0 saturated carbocycles. The van der Waals surface area contributed by atoms with E-state index in [9.17, 15) is 4.79 Å². The first-order valence-electron chi connectivity index (χ1n) is 7.29. The molecule has 3 rings (SSSR count). The molecule has 0 radical (unpaired) electrons. The third kappa shape index (κ3) is 2.69. The van der Waals surface area contributed by atoms with Crippen molar-refractivity contribution in [3.8, 4) is 0 Å². The lowest BCUT2D eigenvalue weighted by molar-refractivity contribution is 0.0827. The first-order chi connectivity index (χ1) is 10.2. The minimum atomic E-state index is 0.0511. The average molecular weight is 280 g/mol. The third-order valence-electron chi connectivity index (χ3n) is 3.99. The highest BCUT2D eigenvalue weighted by atomic mass is 16.2. The van der Waals surface area contributed by atoms with Crippen LogP contribution in [-0.2, 0) is 6.42 Å². The number of nitrogens with one attached hydrogen (secondary N) is 1. The van der Waals surface area contributed by atoms with Crippen LogP contribution in [0, 0.1) is 0 Å². The maximum atomic E-state index is 12.2. The van der Waals surface area contributed by atoms with Crippen LogP contribution in [-0.4, -0.2) is 31.4 Å². The van der Waals surface area contributed by atoms with Crippen LogP contribution in [0.4, 0.5) is 0 Å². The summed E-state index contributed by atoms with van der Waals surface area (Å²) in [5.41, 5.74) is 4.55. The second-order valence-corrected chi connectivity index (χ2v) is 5.66. The van der Waals surface area contributed by atoms with Crippen LogP contribution >= 0.6 is 0 Å². The molecule has 1 aliphatic rings. The van der Waals surface area contributed by atoms with E-state index >= 15 is 0 Å². The summed E-state index contributed by atoms with van der Waals surface area (Å²) in [6, 6.07) is 16.7. The van der Waals surface area contributed by atoms with Crippen molar-refractivity contribution in [2.45, 2.75) is 12.5 Å². The Kier molecular flexibility index (Phi) is 3.76. The van der Waals surface area contributed by atoms with Crippen LogP contribution in [0.15, 0.2) is 48.5 Å².